The van der Waals surface area contributed by atoms with E-state index in [9.17, 15) is 4.39 Å². The standard InChI is InChI=1S/C27H32FN7OS2/c1-19-4-2-13-35(17-19)22-16-23(38-26-29-11-3-12-30-26)33-24(32-22)34-25(37)31-18-27(9-14-36-15-10-27)20-5-7-21(28)8-6-20/h3,5-8,11-12,16,19H,2,4,9-10,13-15,17-18H2,1H3,(H2,31,32,33,34,37)/t19-/m1/s1. The fourth-order valence-corrected chi connectivity index (χ4v) is 5.91. The summed E-state index contributed by atoms with van der Waals surface area (Å²) < 4.78 is 19.2. The van der Waals surface area contributed by atoms with Crippen molar-refractivity contribution in [2.24, 2.45) is 5.92 Å². The van der Waals surface area contributed by atoms with Gasteiger partial charge in [0.2, 0.25) is 5.95 Å². The predicted molar refractivity (Wildman–Crippen MR) is 151 cm³/mol. The highest BCUT2D eigenvalue weighted by atomic mass is 32.2. The number of halogens is 1. The summed E-state index contributed by atoms with van der Waals surface area (Å²) in [6.07, 6.45) is 7.44. The minimum absolute atomic E-state index is 0.198. The maximum atomic E-state index is 13.6. The molecule has 0 saturated carbocycles. The zero-order chi connectivity index (χ0) is 26.4. The molecule has 5 rings (SSSR count). The molecule has 2 aromatic heterocycles. The highest BCUT2D eigenvalue weighted by Crippen LogP contribution is 2.34. The second-order valence-electron chi connectivity index (χ2n) is 9.92. The van der Waals surface area contributed by atoms with Crippen molar-refractivity contribution in [3.63, 3.8) is 0 Å². The molecule has 2 N–H and O–H groups in total. The third-order valence-electron chi connectivity index (χ3n) is 7.13. The van der Waals surface area contributed by atoms with E-state index in [1.165, 1.54) is 30.3 Å². The van der Waals surface area contributed by atoms with Gasteiger partial charge in [-0.2, -0.15) is 4.98 Å². The number of hydrogen-bond acceptors (Lipinski definition) is 8. The molecule has 2 saturated heterocycles. The van der Waals surface area contributed by atoms with Gasteiger partial charge in [0.05, 0.1) is 0 Å². The summed E-state index contributed by atoms with van der Waals surface area (Å²) in [5, 5.41) is 8.39. The molecule has 0 radical (unpaired) electrons. The lowest BCUT2D eigenvalue weighted by atomic mass is 9.74. The fraction of sp³-hybridized carbons (Fsp3) is 0.444. The summed E-state index contributed by atoms with van der Waals surface area (Å²) >= 11 is 7.07. The first-order chi connectivity index (χ1) is 18.5. The van der Waals surface area contributed by atoms with Gasteiger partial charge in [-0.3, -0.25) is 0 Å². The molecular weight excluding hydrogens is 521 g/mol. The van der Waals surface area contributed by atoms with Gasteiger partial charge in [0, 0.05) is 56.7 Å². The van der Waals surface area contributed by atoms with Crippen molar-refractivity contribution in [3.8, 4) is 0 Å². The smallest absolute Gasteiger partial charge is 0.232 e. The lowest BCUT2D eigenvalue weighted by Crippen LogP contribution is -2.45. The Bertz CT molecular complexity index is 1230. The van der Waals surface area contributed by atoms with Crippen molar-refractivity contribution in [1.29, 1.82) is 0 Å². The molecule has 0 aliphatic carbocycles. The van der Waals surface area contributed by atoms with Gasteiger partial charge in [-0.25, -0.2) is 19.3 Å². The normalized spacial score (nSPS) is 19.1. The van der Waals surface area contributed by atoms with E-state index in [4.69, 9.17) is 26.9 Å². The van der Waals surface area contributed by atoms with Crippen molar-refractivity contribution in [3.05, 3.63) is 60.2 Å². The number of ether oxygens (including phenoxy) is 1. The molecule has 1 aromatic carbocycles. The van der Waals surface area contributed by atoms with Crippen LogP contribution in [0.2, 0.25) is 0 Å². The molecule has 0 bridgehead atoms. The molecule has 11 heteroatoms. The first-order valence-corrected chi connectivity index (χ1v) is 14.2. The maximum absolute atomic E-state index is 13.6. The number of benzene rings is 1. The van der Waals surface area contributed by atoms with Gasteiger partial charge >= 0.3 is 0 Å². The molecule has 2 aliphatic heterocycles. The minimum atomic E-state index is -0.240. The number of nitrogens with one attached hydrogen (secondary N) is 2. The third kappa shape index (κ3) is 6.75. The summed E-state index contributed by atoms with van der Waals surface area (Å²) in [5.74, 6) is 1.66. The summed E-state index contributed by atoms with van der Waals surface area (Å²) in [7, 11) is 0. The zero-order valence-corrected chi connectivity index (χ0v) is 23.0. The molecule has 2 fully saturated rings. The van der Waals surface area contributed by atoms with Crippen molar-refractivity contribution in [2.45, 2.75) is 48.2 Å². The van der Waals surface area contributed by atoms with Gasteiger partial charge in [0.25, 0.3) is 0 Å². The highest BCUT2D eigenvalue weighted by molar-refractivity contribution is 7.99. The van der Waals surface area contributed by atoms with Gasteiger partial charge in [-0.05, 0) is 79.3 Å². The molecule has 3 aromatic rings. The molecule has 4 heterocycles. The number of rotatable bonds is 7. The molecule has 200 valence electrons. The van der Waals surface area contributed by atoms with Crippen LogP contribution in [-0.2, 0) is 10.2 Å². The van der Waals surface area contributed by atoms with Gasteiger partial charge in [0.1, 0.15) is 16.7 Å². The van der Waals surface area contributed by atoms with Crippen LogP contribution in [0.3, 0.4) is 0 Å². The van der Waals surface area contributed by atoms with Crippen LogP contribution in [0.25, 0.3) is 0 Å². The Morgan fingerprint density at radius 2 is 1.95 bits per heavy atom. The van der Waals surface area contributed by atoms with E-state index in [-0.39, 0.29) is 11.2 Å². The Balaban J connectivity index is 1.33. The Labute approximate surface area is 232 Å². The SMILES string of the molecule is C[C@@H]1CCCN(c2cc(Sc3ncccn3)nc(NC(=S)NCC3(c4ccc(F)cc4)CCOCC3)n2)C1. The van der Waals surface area contributed by atoms with Crippen LogP contribution in [0.15, 0.2) is 59.0 Å². The molecular formula is C27H32FN7OS2. The molecule has 1 atom stereocenters. The van der Waals surface area contributed by atoms with Crippen molar-refractivity contribution in [1.82, 2.24) is 25.3 Å². The largest absolute Gasteiger partial charge is 0.381 e. The monoisotopic (exact) mass is 553 g/mol. The van der Waals surface area contributed by atoms with E-state index in [0.717, 1.165) is 48.8 Å². The summed E-state index contributed by atoms with van der Waals surface area (Å²) in [6.45, 7) is 6.08. The van der Waals surface area contributed by atoms with Gasteiger partial charge < -0.3 is 20.3 Å². The number of aromatic nitrogens is 4. The van der Waals surface area contributed by atoms with E-state index in [1.807, 2.05) is 18.2 Å². The molecule has 8 nitrogen and oxygen atoms in total. The van der Waals surface area contributed by atoms with Crippen molar-refractivity contribution >= 4 is 40.9 Å². The number of thiocarbonyl (C=S) groups is 1. The Morgan fingerprint density at radius 1 is 1.18 bits per heavy atom. The first-order valence-electron chi connectivity index (χ1n) is 13.0. The van der Waals surface area contributed by atoms with E-state index in [0.29, 0.717) is 41.9 Å². The predicted octanol–water partition coefficient (Wildman–Crippen LogP) is 4.83. The van der Waals surface area contributed by atoms with Gasteiger partial charge in [-0.15, -0.1) is 0 Å². The second kappa shape index (κ2) is 12.3. The first kappa shape index (κ1) is 26.7. The lowest BCUT2D eigenvalue weighted by molar-refractivity contribution is 0.0515. The van der Waals surface area contributed by atoms with Crippen molar-refractivity contribution < 1.29 is 9.13 Å². The van der Waals surface area contributed by atoms with E-state index in [2.05, 4.69) is 32.4 Å². The van der Waals surface area contributed by atoms with Crippen LogP contribution < -0.4 is 15.5 Å². The molecule has 0 spiro atoms. The second-order valence-corrected chi connectivity index (χ2v) is 11.3. The molecule has 2 aliphatic rings. The quantitative estimate of drug-likeness (QED) is 0.241. The van der Waals surface area contributed by atoms with E-state index >= 15 is 0 Å². The van der Waals surface area contributed by atoms with Gasteiger partial charge in [0.15, 0.2) is 10.3 Å². The topological polar surface area (TPSA) is 88.1 Å². The number of piperidine rings is 1. The van der Waals surface area contributed by atoms with Crippen LogP contribution in [0, 0.1) is 11.7 Å². The summed E-state index contributed by atoms with van der Waals surface area (Å²) in [4.78, 5) is 20.5. The lowest BCUT2D eigenvalue weighted by Gasteiger charge is -2.38. The number of nitrogens with zero attached hydrogens (tertiary/aromatic N) is 5. The Morgan fingerprint density at radius 3 is 2.68 bits per heavy atom. The minimum Gasteiger partial charge on any atom is -0.381 e. The van der Waals surface area contributed by atoms with Crippen molar-refractivity contribution in [2.75, 3.05) is 43.1 Å². The van der Waals surface area contributed by atoms with Crippen LogP contribution in [-0.4, -0.2) is 57.9 Å². The van der Waals surface area contributed by atoms with E-state index in [1.54, 1.807) is 18.5 Å². The number of hydrogen-bond donors (Lipinski definition) is 2. The number of anilines is 2. The summed E-state index contributed by atoms with van der Waals surface area (Å²) in [5.41, 5.74) is 0.882. The average Bonchev–Trinajstić information content (AvgIpc) is 2.93. The zero-order valence-electron chi connectivity index (χ0n) is 21.4. The van der Waals surface area contributed by atoms with Crippen LogP contribution in [0.1, 0.15) is 38.2 Å². The Kier molecular flexibility index (Phi) is 8.65. The third-order valence-corrected chi connectivity index (χ3v) is 8.19. The van der Waals surface area contributed by atoms with Gasteiger partial charge in [-0.1, -0.05) is 19.1 Å². The molecule has 38 heavy (non-hydrogen) atoms. The summed E-state index contributed by atoms with van der Waals surface area (Å²) in [6, 6.07) is 10.5. The van der Waals surface area contributed by atoms with Crippen LogP contribution in [0.5, 0.6) is 0 Å². The fourth-order valence-electron chi connectivity index (χ4n) is 5.04. The Hall–Kier alpha value is -2.89. The van der Waals surface area contributed by atoms with Crippen LogP contribution >= 0.6 is 24.0 Å². The maximum Gasteiger partial charge on any atom is 0.232 e. The molecule has 0 amide bonds. The van der Waals surface area contributed by atoms with E-state index < -0.39 is 0 Å². The highest BCUT2D eigenvalue weighted by Gasteiger charge is 2.34. The average molecular weight is 554 g/mol. The van der Waals surface area contributed by atoms with Crippen LogP contribution in [0.4, 0.5) is 16.2 Å². The molecule has 0 unspecified atom stereocenters.